The van der Waals surface area contributed by atoms with E-state index in [1.807, 2.05) is 6.92 Å². The largest absolute Gasteiger partial charge is 0.325 e. The third-order valence-corrected chi connectivity index (χ3v) is 6.71. The van der Waals surface area contributed by atoms with Crippen LogP contribution >= 0.6 is 11.3 Å². The van der Waals surface area contributed by atoms with Crippen molar-refractivity contribution in [1.29, 1.82) is 0 Å². The van der Waals surface area contributed by atoms with Crippen LogP contribution in [0.5, 0.6) is 0 Å². The molecular formula is C10H14N2O4S2. The molecule has 0 spiro atoms. The molecule has 2 rings (SSSR count). The van der Waals surface area contributed by atoms with Gasteiger partial charge in [0.05, 0.1) is 4.92 Å². The standard InChI is InChI=1S/C10H14N2O4S2/c1-7(8-3-4-8)11(2)18(15,16)10-6-5-9(17-10)12(13)14/h5-8H,3-4H2,1-2H3/t7-/m0/s1. The monoisotopic (exact) mass is 290 g/mol. The van der Waals surface area contributed by atoms with Crippen molar-refractivity contribution in [3.8, 4) is 0 Å². The quantitative estimate of drug-likeness (QED) is 0.614. The van der Waals surface area contributed by atoms with E-state index < -0.39 is 14.9 Å². The van der Waals surface area contributed by atoms with Crippen molar-refractivity contribution in [2.45, 2.75) is 30.0 Å². The van der Waals surface area contributed by atoms with Crippen LogP contribution in [0.3, 0.4) is 0 Å². The lowest BCUT2D eigenvalue weighted by Crippen LogP contribution is -2.36. The fourth-order valence-electron chi connectivity index (χ4n) is 1.78. The second-order valence-corrected chi connectivity index (χ2v) is 7.74. The number of nitrogens with zero attached hydrogens (tertiary/aromatic N) is 2. The molecule has 0 radical (unpaired) electrons. The molecule has 1 aliphatic rings. The molecule has 0 aliphatic heterocycles. The molecule has 0 bridgehead atoms. The van der Waals surface area contributed by atoms with E-state index in [0.29, 0.717) is 17.3 Å². The first-order valence-electron chi connectivity index (χ1n) is 5.56. The number of rotatable bonds is 5. The van der Waals surface area contributed by atoms with E-state index >= 15 is 0 Å². The lowest BCUT2D eigenvalue weighted by atomic mass is 10.2. The molecule has 0 unspecified atom stereocenters. The molecule has 6 nitrogen and oxygen atoms in total. The third-order valence-electron chi connectivity index (χ3n) is 3.26. The van der Waals surface area contributed by atoms with Crippen molar-refractivity contribution in [2.24, 2.45) is 5.92 Å². The first kappa shape index (κ1) is 13.4. The summed E-state index contributed by atoms with van der Waals surface area (Å²) in [7, 11) is -2.08. The van der Waals surface area contributed by atoms with Crippen molar-refractivity contribution in [3.05, 3.63) is 22.2 Å². The minimum atomic E-state index is -3.61. The predicted molar refractivity (Wildman–Crippen MR) is 68.1 cm³/mol. The molecule has 1 aromatic heterocycles. The average molecular weight is 290 g/mol. The summed E-state index contributed by atoms with van der Waals surface area (Å²) in [6.45, 7) is 1.87. The molecule has 1 atom stereocenters. The summed E-state index contributed by atoms with van der Waals surface area (Å²) in [5, 5.41) is 10.4. The van der Waals surface area contributed by atoms with Crippen LogP contribution < -0.4 is 0 Å². The minimum Gasteiger partial charge on any atom is -0.258 e. The van der Waals surface area contributed by atoms with E-state index in [0.717, 1.165) is 12.8 Å². The van der Waals surface area contributed by atoms with E-state index in [2.05, 4.69) is 0 Å². The summed E-state index contributed by atoms with van der Waals surface area (Å²) >= 11 is 0.697. The van der Waals surface area contributed by atoms with Gasteiger partial charge in [-0.2, -0.15) is 4.31 Å². The van der Waals surface area contributed by atoms with E-state index in [1.54, 1.807) is 0 Å². The summed E-state index contributed by atoms with van der Waals surface area (Å²) in [5.74, 6) is 0.416. The Labute approximate surface area is 109 Å². The molecule has 18 heavy (non-hydrogen) atoms. The van der Waals surface area contributed by atoms with Crippen LogP contribution in [0.15, 0.2) is 16.3 Å². The maximum atomic E-state index is 12.3. The van der Waals surface area contributed by atoms with E-state index in [-0.39, 0.29) is 15.3 Å². The van der Waals surface area contributed by atoms with Gasteiger partial charge >= 0.3 is 5.00 Å². The number of hydrogen-bond donors (Lipinski definition) is 0. The van der Waals surface area contributed by atoms with Crippen molar-refractivity contribution in [3.63, 3.8) is 0 Å². The van der Waals surface area contributed by atoms with Crippen LogP contribution in [0.2, 0.25) is 0 Å². The van der Waals surface area contributed by atoms with Gasteiger partial charge in [0.1, 0.15) is 4.21 Å². The van der Waals surface area contributed by atoms with Crippen molar-refractivity contribution in [2.75, 3.05) is 7.05 Å². The number of sulfonamides is 1. The highest BCUT2D eigenvalue weighted by Gasteiger charge is 2.37. The van der Waals surface area contributed by atoms with Crippen molar-refractivity contribution < 1.29 is 13.3 Å². The topological polar surface area (TPSA) is 80.5 Å². The average Bonchev–Trinajstić information content (AvgIpc) is 3.02. The lowest BCUT2D eigenvalue weighted by Gasteiger charge is -2.23. The minimum absolute atomic E-state index is 0.0317. The van der Waals surface area contributed by atoms with Crippen LogP contribution in [-0.4, -0.2) is 30.7 Å². The molecule has 1 heterocycles. The molecule has 1 aromatic rings. The smallest absolute Gasteiger partial charge is 0.258 e. The zero-order valence-corrected chi connectivity index (χ0v) is 11.7. The van der Waals surface area contributed by atoms with E-state index in [4.69, 9.17) is 0 Å². The van der Waals surface area contributed by atoms with Gasteiger partial charge in [-0.1, -0.05) is 0 Å². The summed E-state index contributed by atoms with van der Waals surface area (Å²) in [5.41, 5.74) is 0. The fourth-order valence-corrected chi connectivity index (χ4v) is 4.50. The van der Waals surface area contributed by atoms with Gasteiger partial charge in [0.2, 0.25) is 0 Å². The van der Waals surface area contributed by atoms with Crippen molar-refractivity contribution >= 4 is 26.4 Å². The van der Waals surface area contributed by atoms with Gasteiger partial charge in [-0.3, -0.25) is 10.1 Å². The molecule has 0 amide bonds. The Morgan fingerprint density at radius 2 is 2.11 bits per heavy atom. The van der Waals surface area contributed by atoms with E-state index in [1.165, 1.54) is 23.5 Å². The molecule has 0 aromatic carbocycles. The molecule has 1 fully saturated rings. The zero-order chi connectivity index (χ0) is 13.5. The Bertz CT molecular complexity index is 562. The van der Waals surface area contributed by atoms with Gasteiger partial charge in [-0.15, -0.1) is 0 Å². The second-order valence-electron chi connectivity index (χ2n) is 4.45. The Morgan fingerprint density at radius 1 is 1.50 bits per heavy atom. The van der Waals surface area contributed by atoms with Crippen LogP contribution in [0.25, 0.3) is 0 Å². The van der Waals surface area contributed by atoms with Gasteiger partial charge in [-0.25, -0.2) is 8.42 Å². The maximum Gasteiger partial charge on any atom is 0.325 e. The normalized spacial score (nSPS) is 17.9. The van der Waals surface area contributed by atoms with Crippen LogP contribution in [0, 0.1) is 16.0 Å². The Balaban J connectivity index is 2.26. The second kappa shape index (κ2) is 4.60. The summed E-state index contributed by atoms with van der Waals surface area (Å²) in [4.78, 5) is 10.00. The van der Waals surface area contributed by atoms with Gasteiger partial charge in [0.25, 0.3) is 10.0 Å². The van der Waals surface area contributed by atoms with Crippen LogP contribution in [0.4, 0.5) is 5.00 Å². The highest BCUT2D eigenvalue weighted by molar-refractivity contribution is 7.91. The zero-order valence-electron chi connectivity index (χ0n) is 10.1. The van der Waals surface area contributed by atoms with Gasteiger partial charge in [0.15, 0.2) is 0 Å². The first-order chi connectivity index (χ1) is 8.34. The van der Waals surface area contributed by atoms with Gasteiger partial charge in [-0.05, 0) is 43.1 Å². The fraction of sp³-hybridized carbons (Fsp3) is 0.600. The third kappa shape index (κ3) is 2.40. The highest BCUT2D eigenvalue weighted by Crippen LogP contribution is 2.37. The number of hydrogen-bond acceptors (Lipinski definition) is 5. The summed E-state index contributed by atoms with van der Waals surface area (Å²) in [6.07, 6.45) is 2.09. The SMILES string of the molecule is C[C@@H](C1CC1)N(C)S(=O)(=O)c1ccc([N+](=O)[O-])s1. The van der Waals surface area contributed by atoms with Gasteiger partial charge in [0, 0.05) is 19.2 Å². The molecule has 0 N–H and O–H groups in total. The van der Waals surface area contributed by atoms with Gasteiger partial charge < -0.3 is 0 Å². The van der Waals surface area contributed by atoms with Crippen LogP contribution in [0.1, 0.15) is 19.8 Å². The maximum absolute atomic E-state index is 12.3. The Kier molecular flexibility index (Phi) is 3.43. The van der Waals surface area contributed by atoms with E-state index in [9.17, 15) is 18.5 Å². The molecule has 1 aliphatic carbocycles. The number of thiophene rings is 1. The molecule has 8 heteroatoms. The molecule has 0 saturated heterocycles. The number of nitro groups is 1. The lowest BCUT2D eigenvalue weighted by molar-refractivity contribution is -0.380. The van der Waals surface area contributed by atoms with Crippen LogP contribution in [-0.2, 0) is 10.0 Å². The molecular weight excluding hydrogens is 276 g/mol. The predicted octanol–water partition coefficient (Wildman–Crippen LogP) is 2.08. The first-order valence-corrected chi connectivity index (χ1v) is 7.82. The summed E-state index contributed by atoms with van der Waals surface area (Å²) in [6, 6.07) is 2.47. The Hall–Kier alpha value is -0.990. The molecule has 1 saturated carbocycles. The molecule has 100 valence electrons. The highest BCUT2D eigenvalue weighted by atomic mass is 32.2. The Morgan fingerprint density at radius 3 is 2.56 bits per heavy atom. The summed E-state index contributed by atoms with van der Waals surface area (Å²) < 4.78 is 25.9. The van der Waals surface area contributed by atoms with Crippen molar-refractivity contribution in [1.82, 2.24) is 4.31 Å².